The van der Waals surface area contributed by atoms with Crippen LogP contribution in [0.4, 0.5) is 38.9 Å². The molecule has 0 unspecified atom stereocenters. The molecule has 2 N–H and O–H groups in total. The number of hydrogen-bond donors (Lipinski definition) is 2. The quantitative estimate of drug-likeness (QED) is 0.545. The minimum Gasteiger partial charge on any atom is -0.302 e. The first-order valence-corrected chi connectivity index (χ1v) is 7.04. The number of carbonyl (C=O) groups excluding carboxylic acids is 1. The summed E-state index contributed by atoms with van der Waals surface area (Å²) in [6.07, 6.45) is 0. The van der Waals surface area contributed by atoms with E-state index >= 15 is 0 Å². The summed E-state index contributed by atoms with van der Waals surface area (Å²) in [4.78, 5) is 51.9. The molecule has 0 radical (unpaired) electrons. The van der Waals surface area contributed by atoms with Crippen molar-refractivity contribution in [2.24, 2.45) is 0 Å². The molecule has 2 rings (SSSR count). The van der Waals surface area contributed by atoms with Crippen molar-refractivity contribution in [3.05, 3.63) is 76.9 Å². The molecule has 0 saturated carbocycles. The van der Waals surface area contributed by atoms with Crippen LogP contribution in [0.5, 0.6) is 0 Å². The number of benzene rings is 2. The highest BCUT2D eigenvalue weighted by molar-refractivity contribution is 6.02. The molecule has 0 aliphatic rings. The molecule has 0 atom stereocenters. The number of nitrogens with one attached hydrogen (secondary N) is 2. The second-order valence-corrected chi connectivity index (χ2v) is 5.01. The first kappa shape index (κ1) is 19.6. The number of non-ortho nitro benzene ring substituents is 2. The molecule has 2 amide bonds. The molecule has 0 aliphatic heterocycles. The number of rotatable bonds is 6. The zero-order valence-corrected chi connectivity index (χ0v) is 13.4. The maximum atomic E-state index is 12.0. The molecule has 15 heteroatoms. The van der Waals surface area contributed by atoms with Crippen molar-refractivity contribution in [3.63, 3.8) is 0 Å². The highest BCUT2D eigenvalue weighted by Crippen LogP contribution is 2.31. The van der Waals surface area contributed by atoms with Crippen molar-refractivity contribution in [2.45, 2.75) is 0 Å². The van der Waals surface area contributed by atoms with E-state index in [1.54, 1.807) is 0 Å². The summed E-state index contributed by atoms with van der Waals surface area (Å²) in [6.45, 7) is 0. The Morgan fingerprint density at radius 3 is 1.29 bits per heavy atom. The van der Waals surface area contributed by atoms with Crippen molar-refractivity contribution in [3.8, 4) is 0 Å². The molecule has 15 nitrogen and oxygen atoms in total. The standard InChI is InChI=1S/C13H8N6O9/c20-13(14-9-3-1-7(16(21)22)5-11(9)18(25)26)15-10-4-2-8(17(23)24)6-12(10)19(27)28/h1-6H,(H2,14,15,20). The van der Waals surface area contributed by atoms with E-state index in [2.05, 4.69) is 0 Å². The smallest absolute Gasteiger partial charge is 0.302 e. The molecule has 2 aromatic carbocycles. The Morgan fingerprint density at radius 1 is 0.643 bits per heavy atom. The van der Waals surface area contributed by atoms with Crippen LogP contribution in [0.15, 0.2) is 36.4 Å². The summed E-state index contributed by atoms with van der Waals surface area (Å²) < 4.78 is 0. The van der Waals surface area contributed by atoms with Crippen LogP contribution in [-0.4, -0.2) is 25.7 Å². The Kier molecular flexibility index (Phi) is 5.39. The lowest BCUT2D eigenvalue weighted by atomic mass is 10.2. The lowest BCUT2D eigenvalue weighted by molar-refractivity contribution is -0.393. The van der Waals surface area contributed by atoms with Gasteiger partial charge >= 0.3 is 6.03 Å². The molecular formula is C13H8N6O9. The van der Waals surface area contributed by atoms with Crippen LogP contribution in [0.3, 0.4) is 0 Å². The number of nitro groups is 4. The molecule has 28 heavy (non-hydrogen) atoms. The van der Waals surface area contributed by atoms with Crippen LogP contribution in [0.2, 0.25) is 0 Å². The Balaban J connectivity index is 2.30. The Labute approximate surface area is 153 Å². The number of carbonyl (C=O) groups is 1. The van der Waals surface area contributed by atoms with Gasteiger partial charge in [-0.25, -0.2) is 4.79 Å². The van der Waals surface area contributed by atoms with E-state index in [9.17, 15) is 45.3 Å². The fourth-order valence-electron chi connectivity index (χ4n) is 2.06. The molecule has 0 aliphatic carbocycles. The van der Waals surface area contributed by atoms with E-state index < -0.39 is 59.8 Å². The monoisotopic (exact) mass is 392 g/mol. The van der Waals surface area contributed by atoms with Crippen molar-refractivity contribution in [1.29, 1.82) is 0 Å². The highest BCUT2D eigenvalue weighted by atomic mass is 16.6. The molecule has 0 heterocycles. The molecule has 0 bridgehead atoms. The van der Waals surface area contributed by atoms with Gasteiger partial charge < -0.3 is 10.6 Å². The van der Waals surface area contributed by atoms with Gasteiger partial charge in [0.2, 0.25) is 0 Å². The molecule has 2 aromatic rings. The lowest BCUT2D eigenvalue weighted by Crippen LogP contribution is -2.20. The summed E-state index contributed by atoms with van der Waals surface area (Å²) >= 11 is 0. The number of nitro benzene ring substituents is 4. The molecular weight excluding hydrogens is 384 g/mol. The van der Waals surface area contributed by atoms with Crippen molar-refractivity contribution < 1.29 is 24.5 Å². The maximum Gasteiger partial charge on any atom is 0.324 e. The second-order valence-electron chi connectivity index (χ2n) is 5.01. The summed E-state index contributed by atoms with van der Waals surface area (Å²) in [5, 5.41) is 47.6. The Morgan fingerprint density at radius 2 is 1.00 bits per heavy atom. The van der Waals surface area contributed by atoms with Crippen molar-refractivity contribution >= 4 is 40.2 Å². The van der Waals surface area contributed by atoms with Gasteiger partial charge in [-0.1, -0.05) is 0 Å². The van der Waals surface area contributed by atoms with E-state index in [0.29, 0.717) is 12.1 Å². The topological polar surface area (TPSA) is 214 Å². The van der Waals surface area contributed by atoms with Gasteiger partial charge in [0.15, 0.2) is 0 Å². The third-order valence-electron chi connectivity index (χ3n) is 3.27. The third-order valence-corrected chi connectivity index (χ3v) is 3.27. The summed E-state index contributed by atoms with van der Waals surface area (Å²) in [5.41, 5.74) is -3.52. The number of urea groups is 1. The van der Waals surface area contributed by atoms with Gasteiger partial charge in [-0.2, -0.15) is 0 Å². The van der Waals surface area contributed by atoms with Crippen LogP contribution >= 0.6 is 0 Å². The van der Waals surface area contributed by atoms with Crippen molar-refractivity contribution in [1.82, 2.24) is 0 Å². The summed E-state index contributed by atoms with van der Waals surface area (Å²) in [7, 11) is 0. The fraction of sp³-hybridized carbons (Fsp3) is 0. The first-order chi connectivity index (χ1) is 13.1. The summed E-state index contributed by atoms with van der Waals surface area (Å²) in [5.74, 6) is 0. The maximum absolute atomic E-state index is 12.0. The Bertz CT molecular complexity index is 942. The third kappa shape index (κ3) is 4.28. The normalized spacial score (nSPS) is 10.0. The highest BCUT2D eigenvalue weighted by Gasteiger charge is 2.23. The molecule has 0 fully saturated rings. The van der Waals surface area contributed by atoms with Crippen LogP contribution in [-0.2, 0) is 0 Å². The minimum absolute atomic E-state index is 0.405. The Hall–Kier alpha value is -4.69. The van der Waals surface area contributed by atoms with Gasteiger partial charge in [0, 0.05) is 12.1 Å². The van der Waals surface area contributed by atoms with Gasteiger partial charge in [-0.3, -0.25) is 40.5 Å². The van der Waals surface area contributed by atoms with Crippen molar-refractivity contribution in [2.75, 3.05) is 10.6 Å². The molecule has 0 saturated heterocycles. The van der Waals surface area contributed by atoms with Crippen LogP contribution in [0.25, 0.3) is 0 Å². The van der Waals surface area contributed by atoms with E-state index in [0.717, 1.165) is 24.3 Å². The largest absolute Gasteiger partial charge is 0.324 e. The van der Waals surface area contributed by atoms with Gasteiger partial charge in [0.05, 0.1) is 31.8 Å². The van der Waals surface area contributed by atoms with E-state index in [-0.39, 0.29) is 0 Å². The van der Waals surface area contributed by atoms with Gasteiger partial charge in [0.1, 0.15) is 11.4 Å². The number of hydrogen-bond acceptors (Lipinski definition) is 9. The van der Waals surface area contributed by atoms with Gasteiger partial charge in [-0.05, 0) is 12.1 Å². The zero-order valence-electron chi connectivity index (χ0n) is 13.4. The van der Waals surface area contributed by atoms with E-state index in [1.165, 1.54) is 0 Å². The molecule has 0 spiro atoms. The average Bonchev–Trinajstić information content (AvgIpc) is 2.61. The van der Waals surface area contributed by atoms with Gasteiger partial charge in [0.25, 0.3) is 22.7 Å². The van der Waals surface area contributed by atoms with Crippen LogP contribution in [0, 0.1) is 40.5 Å². The van der Waals surface area contributed by atoms with E-state index in [1.807, 2.05) is 10.6 Å². The number of amides is 2. The zero-order chi connectivity index (χ0) is 21.0. The fourth-order valence-corrected chi connectivity index (χ4v) is 2.06. The lowest BCUT2D eigenvalue weighted by Gasteiger charge is -2.08. The number of anilines is 2. The average molecular weight is 392 g/mol. The van der Waals surface area contributed by atoms with Crippen LogP contribution < -0.4 is 10.6 Å². The second kappa shape index (κ2) is 7.68. The SMILES string of the molecule is O=C(Nc1ccc([N+](=O)[O-])cc1[N+](=O)[O-])Nc1ccc([N+](=O)[O-])cc1[N+](=O)[O-]. The molecule has 144 valence electrons. The van der Waals surface area contributed by atoms with E-state index in [4.69, 9.17) is 0 Å². The predicted octanol–water partition coefficient (Wildman–Crippen LogP) is 2.96. The van der Waals surface area contributed by atoms with Crippen LogP contribution in [0.1, 0.15) is 0 Å². The minimum atomic E-state index is -1.14. The molecule has 0 aromatic heterocycles. The van der Waals surface area contributed by atoms with Gasteiger partial charge in [-0.15, -0.1) is 0 Å². The predicted molar refractivity (Wildman–Crippen MR) is 92.1 cm³/mol. The summed E-state index contributed by atoms with van der Waals surface area (Å²) in [6, 6.07) is 3.77. The first-order valence-electron chi connectivity index (χ1n) is 7.04. The number of nitrogens with zero attached hydrogens (tertiary/aromatic N) is 4.